The number of nitrogens with zero attached hydrogens (tertiary/aromatic N) is 6. The van der Waals surface area contributed by atoms with Crippen molar-refractivity contribution in [3.8, 4) is 0 Å². The highest BCUT2D eigenvalue weighted by Crippen LogP contribution is 2.31. The van der Waals surface area contributed by atoms with Crippen LogP contribution in [-0.2, 0) is 30.7 Å². The zero-order valence-electron chi connectivity index (χ0n) is 30.9. The third-order valence-corrected chi connectivity index (χ3v) is 11.1. The molecule has 6 fully saturated rings. The molecule has 0 saturated carbocycles. The Balaban J connectivity index is 0.000000188. The highest BCUT2D eigenvalue weighted by atomic mass is 16.7. The maximum Gasteiger partial charge on any atom is 0.345 e. The van der Waals surface area contributed by atoms with Crippen LogP contribution in [0.2, 0.25) is 0 Å². The summed E-state index contributed by atoms with van der Waals surface area (Å²) in [5, 5.41) is 11.8. The molecule has 1 aromatic rings. The van der Waals surface area contributed by atoms with Gasteiger partial charge in [-0.15, -0.1) is 0 Å². The molecule has 6 aliphatic heterocycles. The van der Waals surface area contributed by atoms with Crippen molar-refractivity contribution in [1.29, 1.82) is 0 Å². The lowest BCUT2D eigenvalue weighted by Gasteiger charge is -2.34. The fourth-order valence-corrected chi connectivity index (χ4v) is 7.84. The number of carbonyl (C=O) groups excluding carboxylic acids is 4. The van der Waals surface area contributed by atoms with E-state index >= 15 is 0 Å². The summed E-state index contributed by atoms with van der Waals surface area (Å²) in [4.78, 5) is 74.1. The topological polar surface area (TPSA) is 160 Å². The number of allylic oxidation sites excluding steroid dienone is 2. The van der Waals surface area contributed by atoms with E-state index in [1.807, 2.05) is 44.2 Å². The summed E-state index contributed by atoms with van der Waals surface area (Å²) in [6.07, 6.45) is 5.78. The van der Waals surface area contributed by atoms with Crippen LogP contribution in [0.5, 0.6) is 0 Å². The molecule has 0 radical (unpaired) electrons. The van der Waals surface area contributed by atoms with Crippen LogP contribution in [-0.4, -0.2) is 134 Å². The fourth-order valence-electron chi connectivity index (χ4n) is 7.84. The summed E-state index contributed by atoms with van der Waals surface area (Å²) < 4.78 is 0. The largest absolute Gasteiger partial charge is 0.375 e. The van der Waals surface area contributed by atoms with E-state index in [1.165, 1.54) is 9.96 Å². The first-order valence-electron chi connectivity index (χ1n) is 18.8. The van der Waals surface area contributed by atoms with Crippen LogP contribution >= 0.6 is 0 Å². The van der Waals surface area contributed by atoms with Crippen molar-refractivity contribution in [3.05, 3.63) is 60.4 Å². The van der Waals surface area contributed by atoms with Crippen molar-refractivity contribution in [2.75, 3.05) is 39.3 Å². The Kier molecular flexibility index (Phi) is 12.4. The second-order valence-electron chi connectivity index (χ2n) is 14.8. The van der Waals surface area contributed by atoms with Gasteiger partial charge in [0.15, 0.2) is 0 Å². The van der Waals surface area contributed by atoms with Crippen molar-refractivity contribution in [1.82, 2.24) is 40.7 Å². The first-order valence-corrected chi connectivity index (χ1v) is 18.8. The number of amides is 6. The van der Waals surface area contributed by atoms with Crippen LogP contribution in [0.1, 0.15) is 70.8 Å². The Morgan fingerprint density at radius 3 is 1.70 bits per heavy atom. The van der Waals surface area contributed by atoms with E-state index in [2.05, 4.69) is 33.9 Å². The van der Waals surface area contributed by atoms with E-state index in [-0.39, 0.29) is 42.1 Å². The highest BCUT2D eigenvalue weighted by molar-refractivity contribution is 5.88. The number of rotatable bonds is 11. The minimum Gasteiger partial charge on any atom is -0.375 e. The number of carbonyl (C=O) groups is 4. The molecule has 6 heterocycles. The summed E-state index contributed by atoms with van der Waals surface area (Å²) >= 11 is 0. The highest BCUT2D eigenvalue weighted by Gasteiger charge is 2.49. The second kappa shape index (κ2) is 17.2. The summed E-state index contributed by atoms with van der Waals surface area (Å²) in [6, 6.07) is 7.70. The van der Waals surface area contributed by atoms with Crippen molar-refractivity contribution < 1.29 is 38.9 Å². The summed E-state index contributed by atoms with van der Waals surface area (Å²) in [6.45, 7) is 16.6. The van der Waals surface area contributed by atoms with Crippen LogP contribution in [0.4, 0.5) is 9.59 Å². The third kappa shape index (κ3) is 9.05. The number of hydroxylamine groups is 6. The predicted molar refractivity (Wildman–Crippen MR) is 192 cm³/mol. The molecule has 0 aliphatic carbocycles. The fraction of sp³-hybridized carbons (Fsp3) is 0.622. The molecule has 6 aliphatic rings. The summed E-state index contributed by atoms with van der Waals surface area (Å²) in [5.41, 5.74) is 8.22. The zero-order chi connectivity index (χ0) is 37.6. The second-order valence-corrected chi connectivity index (χ2v) is 14.8. The average Bonchev–Trinajstić information content (AvgIpc) is 3.54. The number of hydrogen-bond donors (Lipinski definition) is 3. The molecule has 4 bridgehead atoms. The van der Waals surface area contributed by atoms with Gasteiger partial charge >= 0.3 is 12.1 Å². The van der Waals surface area contributed by atoms with Crippen molar-refractivity contribution >= 4 is 23.9 Å². The minimum absolute atomic E-state index is 0.0131. The lowest BCUT2D eigenvalue weighted by molar-refractivity contribution is -0.146. The van der Waals surface area contributed by atoms with Gasteiger partial charge in [-0.2, -0.15) is 5.06 Å². The monoisotopic (exact) mass is 738 g/mol. The summed E-state index contributed by atoms with van der Waals surface area (Å²) in [7, 11) is 0. The number of likely N-dealkylation sites (tertiary alicyclic amines) is 2. The third-order valence-electron chi connectivity index (χ3n) is 11.1. The van der Waals surface area contributed by atoms with E-state index in [1.54, 1.807) is 4.90 Å². The van der Waals surface area contributed by atoms with Gasteiger partial charge in [0.2, 0.25) is 0 Å². The lowest BCUT2D eigenvalue weighted by atomic mass is 10.0. The molecule has 3 N–H and O–H groups in total. The Morgan fingerprint density at radius 1 is 0.717 bits per heavy atom. The number of nitrogens with one attached hydrogen (secondary N) is 2. The quantitative estimate of drug-likeness (QED) is 0.228. The van der Waals surface area contributed by atoms with Gasteiger partial charge in [-0.3, -0.25) is 29.3 Å². The molecule has 290 valence electrons. The molecule has 53 heavy (non-hydrogen) atoms. The van der Waals surface area contributed by atoms with Gasteiger partial charge < -0.3 is 19.6 Å². The number of benzene rings is 1. The predicted octanol–water partition coefficient (Wildman–Crippen LogP) is 3.12. The smallest absolute Gasteiger partial charge is 0.345 e. The Hall–Kier alpha value is -4.38. The van der Waals surface area contributed by atoms with Gasteiger partial charge in [0.05, 0.1) is 24.3 Å². The van der Waals surface area contributed by atoms with Crippen molar-refractivity contribution in [3.63, 3.8) is 0 Å². The average molecular weight is 739 g/mol. The Morgan fingerprint density at radius 2 is 1.19 bits per heavy atom. The molecule has 4 atom stereocenters. The van der Waals surface area contributed by atoms with E-state index in [0.717, 1.165) is 80.3 Å². The molecular formula is C37H54N8O8. The molecule has 16 nitrogen and oxygen atoms in total. The van der Waals surface area contributed by atoms with Crippen molar-refractivity contribution in [2.45, 2.75) is 108 Å². The van der Waals surface area contributed by atoms with E-state index < -0.39 is 18.1 Å². The van der Waals surface area contributed by atoms with E-state index in [4.69, 9.17) is 14.5 Å². The van der Waals surface area contributed by atoms with Gasteiger partial charge in [0.1, 0.15) is 18.7 Å². The number of hydrogen-bond acceptors (Lipinski definition) is 10. The molecule has 6 amide bonds. The first-order chi connectivity index (χ1) is 25.5. The zero-order valence-corrected chi connectivity index (χ0v) is 30.9. The van der Waals surface area contributed by atoms with E-state index in [0.29, 0.717) is 39.0 Å². The van der Waals surface area contributed by atoms with Gasteiger partial charge in [-0.25, -0.2) is 25.6 Å². The van der Waals surface area contributed by atoms with Crippen molar-refractivity contribution in [2.24, 2.45) is 0 Å². The Labute approximate surface area is 311 Å². The van der Waals surface area contributed by atoms with Gasteiger partial charge in [-0.05, 0) is 70.8 Å². The van der Waals surface area contributed by atoms with Crippen LogP contribution in [0.25, 0.3) is 0 Å². The standard InChI is InChI=1S/C22H30N4O4.C15H24N4O4/c1-16(2)24-12-10-19(11-13-24)30-23-21(27)20-9-8-18-14-25(20)22(28)26(18)29-15-17-6-4-3-5-7-17;1-10(2)17-7-5-12(6-8-17)23-16-14(20)13-4-3-11-9-18(13)15(21)19(11)22/h3-7,18-20H,1,8-15H2,2H3,(H,23,27);11-13,22H,1,3-9H2,2H3,(H,16,20)/t18-,20+;11-,13+/m11/s1. The van der Waals surface area contributed by atoms with Crippen LogP contribution in [0, 0.1) is 0 Å². The molecule has 1 aromatic carbocycles. The maximum atomic E-state index is 12.8. The van der Waals surface area contributed by atoms with Crippen LogP contribution in [0.15, 0.2) is 54.9 Å². The maximum absolute atomic E-state index is 12.8. The van der Waals surface area contributed by atoms with Gasteiger partial charge in [-0.1, -0.05) is 43.5 Å². The molecule has 0 unspecified atom stereocenters. The molecular weight excluding hydrogens is 684 g/mol. The van der Waals surface area contributed by atoms with E-state index in [9.17, 15) is 24.4 Å². The van der Waals surface area contributed by atoms with Gasteiger partial charge in [0.25, 0.3) is 11.8 Å². The molecule has 6 saturated heterocycles. The molecule has 0 spiro atoms. The van der Waals surface area contributed by atoms with Gasteiger partial charge in [0, 0.05) is 50.7 Å². The SMILES string of the molecule is C=C(C)N1CCC(ONC(=O)[C@@H]2CC[C@@H]3CN2C(=O)N3O)CC1.C=C(C)N1CCC(ONC(=O)[C@@H]2CC[C@@H]3CN2C(=O)N3OCc2ccccc2)CC1. The Bertz CT molecular complexity index is 1500. The number of urea groups is 2. The minimum atomic E-state index is -0.564. The normalized spacial score (nSPS) is 26.0. The molecule has 16 heteroatoms. The summed E-state index contributed by atoms with van der Waals surface area (Å²) in [5.74, 6) is -0.566. The van der Waals surface area contributed by atoms with Crippen LogP contribution in [0.3, 0.4) is 0 Å². The molecule has 0 aromatic heterocycles. The molecule has 7 rings (SSSR count). The first kappa shape index (κ1) is 38.3. The number of piperidine rings is 4. The van der Waals surface area contributed by atoms with Crippen LogP contribution < -0.4 is 11.0 Å². The number of fused-ring (bicyclic) bond motifs is 4. The lowest BCUT2D eigenvalue weighted by Crippen LogP contribution is -2.50.